The molecular formula is C9H6F2N4O4S. The second-order valence-electron chi connectivity index (χ2n) is 3.54. The van der Waals surface area contributed by atoms with Crippen molar-refractivity contribution in [1.82, 2.24) is 10.2 Å². The molecular weight excluding hydrogens is 298 g/mol. The number of aromatic nitrogens is 2. The molecule has 0 fully saturated rings. The molecule has 2 rings (SSSR count). The van der Waals surface area contributed by atoms with Crippen molar-refractivity contribution >= 4 is 21.4 Å². The maximum atomic E-state index is 13.6. The number of aromatic amines is 1. The number of nitrogens with zero attached hydrogens (tertiary/aromatic N) is 2. The van der Waals surface area contributed by atoms with Crippen LogP contribution in [0.2, 0.25) is 0 Å². The van der Waals surface area contributed by atoms with E-state index >= 15 is 0 Å². The molecule has 0 aliphatic heterocycles. The molecule has 11 heteroatoms. The maximum absolute atomic E-state index is 13.6. The van der Waals surface area contributed by atoms with E-state index in [1.165, 1.54) is 0 Å². The van der Waals surface area contributed by atoms with Crippen LogP contribution >= 0.6 is 0 Å². The second kappa shape index (κ2) is 4.85. The molecule has 0 bridgehead atoms. The molecule has 2 N–H and O–H groups in total. The number of halogens is 2. The molecule has 0 saturated carbocycles. The monoisotopic (exact) mass is 304 g/mol. The van der Waals surface area contributed by atoms with Crippen LogP contribution in [0.5, 0.6) is 0 Å². The zero-order valence-corrected chi connectivity index (χ0v) is 10.3. The third kappa shape index (κ3) is 2.42. The Morgan fingerprint density at radius 2 is 2.00 bits per heavy atom. The van der Waals surface area contributed by atoms with Gasteiger partial charge in [0.25, 0.3) is 15.7 Å². The number of hydrogen-bond donors (Lipinski definition) is 2. The van der Waals surface area contributed by atoms with Crippen LogP contribution < -0.4 is 4.72 Å². The molecule has 0 aliphatic rings. The highest BCUT2D eigenvalue weighted by atomic mass is 32.2. The number of nitro benzene ring substituents is 1. The predicted octanol–water partition coefficient (Wildman–Crippen LogP) is 1.40. The minimum atomic E-state index is -4.34. The smallest absolute Gasteiger partial charge is 0.269 e. The first-order chi connectivity index (χ1) is 9.33. The minimum absolute atomic E-state index is 0.449. The predicted molar refractivity (Wildman–Crippen MR) is 62.4 cm³/mol. The van der Waals surface area contributed by atoms with Crippen molar-refractivity contribution < 1.29 is 22.1 Å². The summed E-state index contributed by atoms with van der Waals surface area (Å²) in [7, 11) is -4.34. The molecule has 0 amide bonds. The Morgan fingerprint density at radius 1 is 1.30 bits per heavy atom. The molecule has 1 aromatic carbocycles. The summed E-state index contributed by atoms with van der Waals surface area (Å²) in [5.41, 5.74) is -1.99. The third-order valence-corrected chi connectivity index (χ3v) is 3.55. The van der Waals surface area contributed by atoms with E-state index in [4.69, 9.17) is 0 Å². The molecule has 0 atom stereocenters. The molecule has 0 radical (unpaired) electrons. The van der Waals surface area contributed by atoms with Gasteiger partial charge >= 0.3 is 0 Å². The molecule has 0 spiro atoms. The van der Waals surface area contributed by atoms with Crippen molar-refractivity contribution in [3.63, 3.8) is 0 Å². The summed E-state index contributed by atoms with van der Waals surface area (Å²) in [6.45, 7) is 0. The van der Waals surface area contributed by atoms with Gasteiger partial charge in [-0.15, -0.1) is 0 Å². The highest BCUT2D eigenvalue weighted by Gasteiger charge is 2.27. The molecule has 106 valence electrons. The van der Waals surface area contributed by atoms with E-state index in [2.05, 4.69) is 10.2 Å². The van der Waals surface area contributed by atoms with Crippen LogP contribution in [0.4, 0.5) is 20.2 Å². The van der Waals surface area contributed by atoms with Crippen LogP contribution in [-0.4, -0.2) is 23.5 Å². The van der Waals surface area contributed by atoms with Crippen molar-refractivity contribution in [2.24, 2.45) is 0 Å². The van der Waals surface area contributed by atoms with Gasteiger partial charge < -0.3 is 0 Å². The lowest BCUT2D eigenvalue weighted by Crippen LogP contribution is -2.16. The fourth-order valence-electron chi connectivity index (χ4n) is 1.37. The molecule has 1 aromatic heterocycles. The number of hydrogen-bond acceptors (Lipinski definition) is 5. The first-order valence-corrected chi connectivity index (χ1v) is 6.46. The molecule has 2 aromatic rings. The number of H-pyrrole nitrogens is 1. The summed E-state index contributed by atoms with van der Waals surface area (Å²) in [4.78, 5) is 9.68. The zero-order valence-electron chi connectivity index (χ0n) is 9.50. The Labute approximate surface area is 110 Å². The lowest BCUT2D eigenvalue weighted by atomic mass is 10.2. The number of sulfonamides is 1. The molecule has 0 aliphatic carbocycles. The summed E-state index contributed by atoms with van der Waals surface area (Å²) in [6, 6.07) is 2.23. The first kappa shape index (κ1) is 13.9. The Hall–Kier alpha value is -2.56. The van der Waals surface area contributed by atoms with Crippen LogP contribution in [0.3, 0.4) is 0 Å². The Balaban J connectivity index is 2.54. The fourth-order valence-corrected chi connectivity index (χ4v) is 2.36. The summed E-state index contributed by atoms with van der Waals surface area (Å²) in [5, 5.41) is 15.7. The van der Waals surface area contributed by atoms with Gasteiger partial charge in [-0.25, -0.2) is 8.78 Å². The summed E-state index contributed by atoms with van der Waals surface area (Å²) in [6.07, 6.45) is 1.12. The van der Waals surface area contributed by atoms with Crippen LogP contribution in [0.25, 0.3) is 0 Å². The van der Waals surface area contributed by atoms with E-state index in [-0.39, 0.29) is 0 Å². The van der Waals surface area contributed by atoms with Gasteiger partial charge in [0.1, 0.15) is 0 Å². The van der Waals surface area contributed by atoms with Gasteiger partial charge in [0, 0.05) is 6.07 Å². The van der Waals surface area contributed by atoms with Gasteiger partial charge in [-0.05, 0) is 12.1 Å². The normalized spacial score (nSPS) is 11.3. The highest BCUT2D eigenvalue weighted by molar-refractivity contribution is 7.92. The van der Waals surface area contributed by atoms with Crippen molar-refractivity contribution in [3.05, 3.63) is 46.1 Å². The summed E-state index contributed by atoms with van der Waals surface area (Å²) in [5.74, 6) is -3.08. The summed E-state index contributed by atoms with van der Waals surface area (Å²) >= 11 is 0. The molecule has 20 heavy (non-hydrogen) atoms. The average Bonchev–Trinajstić information content (AvgIpc) is 2.89. The topological polar surface area (TPSA) is 118 Å². The van der Waals surface area contributed by atoms with Crippen molar-refractivity contribution in [1.29, 1.82) is 0 Å². The van der Waals surface area contributed by atoms with E-state index in [1.807, 2.05) is 0 Å². The Morgan fingerprint density at radius 3 is 2.55 bits per heavy atom. The van der Waals surface area contributed by atoms with Gasteiger partial charge in [-0.2, -0.15) is 13.5 Å². The number of nitro groups is 1. The lowest BCUT2D eigenvalue weighted by Gasteiger charge is -2.08. The molecule has 0 unspecified atom stereocenters. The summed E-state index contributed by atoms with van der Waals surface area (Å²) < 4.78 is 51.9. The Kier molecular flexibility index (Phi) is 3.36. The second-order valence-corrected chi connectivity index (χ2v) is 5.19. The van der Waals surface area contributed by atoms with Gasteiger partial charge in [0.05, 0.1) is 11.1 Å². The van der Waals surface area contributed by atoms with E-state index in [9.17, 15) is 27.3 Å². The van der Waals surface area contributed by atoms with Gasteiger partial charge in [-0.3, -0.25) is 19.9 Å². The SMILES string of the molecule is O=[N+]([O-])c1ccc(F)c(F)c1NS(=O)(=O)c1ccn[nH]1. The van der Waals surface area contributed by atoms with E-state index in [0.29, 0.717) is 12.1 Å². The van der Waals surface area contributed by atoms with Gasteiger partial charge in [0.2, 0.25) is 0 Å². The zero-order chi connectivity index (χ0) is 14.9. The standard InChI is InChI=1S/C9H6F2N4O4S/c10-5-1-2-6(15(16)17)9(8(5)11)14-20(18,19)7-3-4-12-13-7/h1-4,14H,(H,12,13). The van der Waals surface area contributed by atoms with E-state index in [1.54, 1.807) is 4.72 Å². The number of benzene rings is 1. The average molecular weight is 304 g/mol. The number of anilines is 1. The van der Waals surface area contributed by atoms with Gasteiger partial charge in [-0.1, -0.05) is 0 Å². The quantitative estimate of drug-likeness (QED) is 0.653. The molecule has 1 heterocycles. The van der Waals surface area contributed by atoms with Crippen molar-refractivity contribution in [3.8, 4) is 0 Å². The van der Waals surface area contributed by atoms with Crippen LogP contribution in [0.1, 0.15) is 0 Å². The molecule has 0 saturated heterocycles. The fraction of sp³-hybridized carbons (Fsp3) is 0. The third-order valence-electron chi connectivity index (χ3n) is 2.27. The number of nitrogens with one attached hydrogen (secondary N) is 2. The van der Waals surface area contributed by atoms with Crippen LogP contribution in [0, 0.1) is 21.7 Å². The Bertz CT molecular complexity index is 761. The minimum Gasteiger partial charge on any atom is -0.269 e. The number of rotatable bonds is 4. The maximum Gasteiger partial charge on any atom is 0.296 e. The van der Waals surface area contributed by atoms with Crippen molar-refractivity contribution in [2.45, 2.75) is 5.03 Å². The van der Waals surface area contributed by atoms with Gasteiger partial charge in [0.15, 0.2) is 22.3 Å². The van der Waals surface area contributed by atoms with E-state index < -0.39 is 43.0 Å². The highest BCUT2D eigenvalue weighted by Crippen LogP contribution is 2.30. The van der Waals surface area contributed by atoms with Crippen LogP contribution in [-0.2, 0) is 10.0 Å². The van der Waals surface area contributed by atoms with Crippen molar-refractivity contribution in [2.75, 3.05) is 4.72 Å². The van der Waals surface area contributed by atoms with E-state index in [0.717, 1.165) is 12.3 Å². The first-order valence-electron chi connectivity index (χ1n) is 4.97. The van der Waals surface area contributed by atoms with Crippen LogP contribution in [0.15, 0.2) is 29.4 Å². The molecule has 8 nitrogen and oxygen atoms in total. The largest absolute Gasteiger partial charge is 0.296 e. The lowest BCUT2D eigenvalue weighted by molar-refractivity contribution is -0.384.